The van der Waals surface area contributed by atoms with Crippen molar-refractivity contribution in [3.8, 4) is 0 Å². The van der Waals surface area contributed by atoms with Gasteiger partial charge in [0.25, 0.3) is 0 Å². The number of ether oxygens (including phenoxy) is 1. The first kappa shape index (κ1) is 11.7. The van der Waals surface area contributed by atoms with Crippen molar-refractivity contribution in [2.24, 2.45) is 5.84 Å². The van der Waals surface area contributed by atoms with Crippen LogP contribution in [-0.2, 0) is 4.74 Å². The highest BCUT2D eigenvalue weighted by Gasteiger charge is 2.13. The topological polar surface area (TPSA) is 47.3 Å². The summed E-state index contributed by atoms with van der Waals surface area (Å²) in [4.78, 5) is 0. The molecule has 0 radical (unpaired) electrons. The van der Waals surface area contributed by atoms with Crippen molar-refractivity contribution in [2.75, 3.05) is 13.7 Å². The molecule has 0 fully saturated rings. The van der Waals surface area contributed by atoms with Crippen LogP contribution < -0.4 is 11.3 Å². The molecule has 3 nitrogen and oxygen atoms in total. The third kappa shape index (κ3) is 3.78. The Balaban J connectivity index is 2.44. The van der Waals surface area contributed by atoms with Crippen molar-refractivity contribution >= 4 is 0 Å². The minimum Gasteiger partial charge on any atom is -0.385 e. The quantitative estimate of drug-likeness (QED) is 0.402. The van der Waals surface area contributed by atoms with Crippen LogP contribution in [0.2, 0.25) is 0 Å². The predicted octanol–water partition coefficient (Wildman–Crippen LogP) is 1.75. The van der Waals surface area contributed by atoms with Crippen LogP contribution in [0.25, 0.3) is 0 Å². The van der Waals surface area contributed by atoms with Crippen molar-refractivity contribution in [3.05, 3.63) is 11.6 Å². The maximum absolute atomic E-state index is 5.55. The molecule has 82 valence electrons. The molecule has 1 aliphatic carbocycles. The van der Waals surface area contributed by atoms with Gasteiger partial charge in [-0.25, -0.2) is 0 Å². The van der Waals surface area contributed by atoms with E-state index in [1.807, 2.05) is 0 Å². The van der Waals surface area contributed by atoms with Gasteiger partial charge < -0.3 is 4.74 Å². The molecule has 1 aliphatic rings. The van der Waals surface area contributed by atoms with Gasteiger partial charge in [-0.3, -0.25) is 11.3 Å². The van der Waals surface area contributed by atoms with Gasteiger partial charge in [0.2, 0.25) is 0 Å². The lowest BCUT2D eigenvalue weighted by molar-refractivity contribution is 0.186. The van der Waals surface area contributed by atoms with Crippen LogP contribution >= 0.6 is 0 Å². The fourth-order valence-electron chi connectivity index (χ4n) is 1.97. The summed E-state index contributed by atoms with van der Waals surface area (Å²) in [5, 5.41) is 0. The molecule has 14 heavy (non-hydrogen) atoms. The molecule has 3 heteroatoms. The fourth-order valence-corrected chi connectivity index (χ4v) is 1.97. The van der Waals surface area contributed by atoms with Gasteiger partial charge in [0.15, 0.2) is 0 Å². The largest absolute Gasteiger partial charge is 0.385 e. The van der Waals surface area contributed by atoms with Crippen molar-refractivity contribution in [2.45, 2.75) is 44.6 Å². The van der Waals surface area contributed by atoms with Crippen LogP contribution in [0.15, 0.2) is 11.6 Å². The number of rotatable bonds is 5. The van der Waals surface area contributed by atoms with E-state index in [4.69, 9.17) is 10.6 Å². The highest BCUT2D eigenvalue weighted by atomic mass is 16.5. The zero-order valence-electron chi connectivity index (χ0n) is 9.09. The zero-order chi connectivity index (χ0) is 10.2. The summed E-state index contributed by atoms with van der Waals surface area (Å²) in [5.74, 6) is 5.55. The summed E-state index contributed by atoms with van der Waals surface area (Å²) >= 11 is 0. The first-order chi connectivity index (χ1) is 6.88. The van der Waals surface area contributed by atoms with Crippen molar-refractivity contribution < 1.29 is 4.74 Å². The number of nitrogens with one attached hydrogen (secondary N) is 1. The Morgan fingerprint density at radius 2 is 2.36 bits per heavy atom. The summed E-state index contributed by atoms with van der Waals surface area (Å²) in [6.07, 6.45) is 9.70. The van der Waals surface area contributed by atoms with Crippen molar-refractivity contribution in [1.29, 1.82) is 0 Å². The Bertz CT molecular complexity index is 180. The van der Waals surface area contributed by atoms with Crippen LogP contribution in [-0.4, -0.2) is 19.8 Å². The Morgan fingerprint density at radius 3 is 3.07 bits per heavy atom. The van der Waals surface area contributed by atoms with Gasteiger partial charge in [0.05, 0.1) is 0 Å². The standard InChI is InChI=1S/C11H22N2O/c1-14-9-8-11(13-12)10-6-4-2-3-5-7-10/h6,11,13H,2-5,7-9,12H2,1H3. The molecule has 0 aromatic rings. The summed E-state index contributed by atoms with van der Waals surface area (Å²) < 4.78 is 5.07. The van der Waals surface area contributed by atoms with Gasteiger partial charge in [-0.1, -0.05) is 18.1 Å². The number of hydrogen-bond donors (Lipinski definition) is 2. The number of allylic oxidation sites excluding steroid dienone is 1. The van der Waals surface area contributed by atoms with E-state index >= 15 is 0 Å². The second-order valence-corrected chi connectivity index (χ2v) is 3.88. The molecule has 0 heterocycles. The van der Waals surface area contributed by atoms with Gasteiger partial charge in [0.1, 0.15) is 0 Å². The maximum atomic E-state index is 5.55. The lowest BCUT2D eigenvalue weighted by Crippen LogP contribution is -2.37. The smallest absolute Gasteiger partial charge is 0.0480 e. The molecule has 0 amide bonds. The summed E-state index contributed by atoms with van der Waals surface area (Å²) in [5.41, 5.74) is 4.36. The average molecular weight is 198 g/mol. The number of hydrazine groups is 1. The van der Waals surface area contributed by atoms with Crippen LogP contribution in [0.4, 0.5) is 0 Å². The number of methoxy groups -OCH3 is 1. The third-order valence-corrected chi connectivity index (χ3v) is 2.84. The molecule has 0 aromatic heterocycles. The second-order valence-electron chi connectivity index (χ2n) is 3.88. The molecular formula is C11H22N2O. The molecule has 3 N–H and O–H groups in total. The Morgan fingerprint density at radius 1 is 1.50 bits per heavy atom. The van der Waals surface area contributed by atoms with E-state index in [0.717, 1.165) is 13.0 Å². The minimum atomic E-state index is 0.313. The highest BCUT2D eigenvalue weighted by molar-refractivity contribution is 5.11. The second kappa shape index (κ2) is 6.98. The molecule has 1 atom stereocenters. The van der Waals surface area contributed by atoms with E-state index in [1.54, 1.807) is 7.11 Å². The van der Waals surface area contributed by atoms with E-state index in [-0.39, 0.29) is 0 Å². The first-order valence-electron chi connectivity index (χ1n) is 5.52. The van der Waals surface area contributed by atoms with Gasteiger partial charge >= 0.3 is 0 Å². The van der Waals surface area contributed by atoms with E-state index in [2.05, 4.69) is 11.5 Å². The van der Waals surface area contributed by atoms with Crippen LogP contribution in [0.5, 0.6) is 0 Å². The van der Waals surface area contributed by atoms with Crippen LogP contribution in [0.3, 0.4) is 0 Å². The first-order valence-corrected chi connectivity index (χ1v) is 5.52. The SMILES string of the molecule is COCCC(NN)C1=CCCCCC1. The minimum absolute atomic E-state index is 0.313. The van der Waals surface area contributed by atoms with Crippen LogP contribution in [0.1, 0.15) is 38.5 Å². The maximum Gasteiger partial charge on any atom is 0.0480 e. The molecule has 0 saturated carbocycles. The molecule has 0 bridgehead atoms. The summed E-state index contributed by atoms with van der Waals surface area (Å²) in [6, 6.07) is 0.313. The number of hydrogen-bond acceptors (Lipinski definition) is 3. The Labute approximate surface area is 86.7 Å². The van der Waals surface area contributed by atoms with Crippen molar-refractivity contribution in [3.63, 3.8) is 0 Å². The molecule has 0 aromatic carbocycles. The Kier molecular flexibility index (Phi) is 5.83. The molecule has 1 unspecified atom stereocenters. The Hall–Kier alpha value is -0.380. The van der Waals surface area contributed by atoms with Gasteiger partial charge in [-0.2, -0.15) is 0 Å². The molecular weight excluding hydrogens is 176 g/mol. The molecule has 0 aliphatic heterocycles. The zero-order valence-corrected chi connectivity index (χ0v) is 9.09. The lowest BCUT2D eigenvalue weighted by atomic mass is 10.0. The molecule has 0 saturated heterocycles. The highest BCUT2D eigenvalue weighted by Crippen LogP contribution is 2.20. The molecule has 0 spiro atoms. The van der Waals surface area contributed by atoms with E-state index < -0.39 is 0 Å². The van der Waals surface area contributed by atoms with Gasteiger partial charge in [-0.05, 0) is 32.1 Å². The van der Waals surface area contributed by atoms with E-state index in [1.165, 1.54) is 37.7 Å². The summed E-state index contributed by atoms with van der Waals surface area (Å²) in [6.45, 7) is 0.770. The predicted molar refractivity (Wildman–Crippen MR) is 58.8 cm³/mol. The van der Waals surface area contributed by atoms with E-state index in [0.29, 0.717) is 6.04 Å². The van der Waals surface area contributed by atoms with E-state index in [9.17, 15) is 0 Å². The number of nitrogens with two attached hydrogens (primary N) is 1. The van der Waals surface area contributed by atoms with Crippen LogP contribution in [0, 0.1) is 0 Å². The van der Waals surface area contributed by atoms with Gasteiger partial charge in [-0.15, -0.1) is 0 Å². The summed E-state index contributed by atoms with van der Waals surface area (Å²) in [7, 11) is 1.73. The third-order valence-electron chi connectivity index (χ3n) is 2.84. The van der Waals surface area contributed by atoms with Crippen molar-refractivity contribution in [1.82, 2.24) is 5.43 Å². The average Bonchev–Trinajstić information content (AvgIpc) is 2.48. The normalized spacial score (nSPS) is 20.0. The van der Waals surface area contributed by atoms with Gasteiger partial charge in [0, 0.05) is 19.8 Å². The fraction of sp³-hybridized carbons (Fsp3) is 0.818. The monoisotopic (exact) mass is 198 g/mol. The lowest BCUT2D eigenvalue weighted by Gasteiger charge is -2.18. The molecule has 1 rings (SSSR count).